The summed E-state index contributed by atoms with van der Waals surface area (Å²) in [7, 11) is 1.62. The summed E-state index contributed by atoms with van der Waals surface area (Å²) >= 11 is 0. The van der Waals surface area contributed by atoms with Gasteiger partial charge in [-0.05, 0) is 24.1 Å². The first-order valence-corrected chi connectivity index (χ1v) is 7.51. The smallest absolute Gasteiger partial charge is 0.220 e. The molecule has 0 aliphatic carbocycles. The third kappa shape index (κ3) is 3.24. The molecule has 6 heteroatoms. The monoisotopic (exact) mass is 307 g/mol. The third-order valence-corrected chi connectivity index (χ3v) is 4.15. The van der Waals surface area contributed by atoms with Gasteiger partial charge >= 0.3 is 0 Å². The van der Waals surface area contributed by atoms with Gasteiger partial charge in [-0.2, -0.15) is 0 Å². The van der Waals surface area contributed by atoms with Crippen LogP contribution in [0.4, 0.5) is 0 Å². The maximum absolute atomic E-state index is 12.1. The van der Waals surface area contributed by atoms with Crippen LogP contribution in [-0.4, -0.2) is 55.7 Å². The Hall–Kier alpha value is -1.63. The molecule has 1 aromatic carbocycles. The van der Waals surface area contributed by atoms with Crippen molar-refractivity contribution in [2.75, 3.05) is 20.3 Å². The number of hydrogen-bond donors (Lipinski definition) is 2. The van der Waals surface area contributed by atoms with Crippen LogP contribution in [0.25, 0.3) is 0 Å². The second kappa shape index (κ2) is 6.64. The lowest BCUT2D eigenvalue weighted by atomic mass is 10.1. The number of aliphatic hydroxyl groups is 1. The van der Waals surface area contributed by atoms with Crippen molar-refractivity contribution in [3.63, 3.8) is 0 Å². The molecule has 2 aliphatic heterocycles. The van der Waals surface area contributed by atoms with Crippen molar-refractivity contribution in [1.82, 2.24) is 5.32 Å². The molecule has 2 saturated heterocycles. The van der Waals surface area contributed by atoms with E-state index < -0.39 is 6.10 Å². The van der Waals surface area contributed by atoms with Crippen molar-refractivity contribution >= 4 is 5.91 Å². The van der Waals surface area contributed by atoms with Gasteiger partial charge < -0.3 is 24.6 Å². The minimum Gasteiger partial charge on any atom is -0.497 e. The van der Waals surface area contributed by atoms with E-state index in [2.05, 4.69) is 5.32 Å². The van der Waals surface area contributed by atoms with E-state index in [0.29, 0.717) is 19.4 Å². The van der Waals surface area contributed by atoms with Crippen molar-refractivity contribution in [2.45, 2.75) is 37.2 Å². The number of carbonyl (C=O) groups excluding carboxylic acids is 1. The number of aryl methyl sites for hydroxylation is 1. The Balaban J connectivity index is 1.48. The highest BCUT2D eigenvalue weighted by molar-refractivity contribution is 5.76. The number of amides is 1. The van der Waals surface area contributed by atoms with Crippen molar-refractivity contribution < 1.29 is 24.1 Å². The van der Waals surface area contributed by atoms with Crippen molar-refractivity contribution in [3.8, 4) is 5.75 Å². The number of carbonyl (C=O) groups is 1. The zero-order chi connectivity index (χ0) is 15.5. The van der Waals surface area contributed by atoms with E-state index in [4.69, 9.17) is 14.2 Å². The molecular formula is C16H21NO5. The number of aliphatic hydroxyl groups excluding tert-OH is 1. The molecule has 0 spiro atoms. The van der Waals surface area contributed by atoms with Crippen LogP contribution >= 0.6 is 0 Å². The minimum absolute atomic E-state index is 0.0398. The predicted molar refractivity (Wildman–Crippen MR) is 78.7 cm³/mol. The molecule has 22 heavy (non-hydrogen) atoms. The molecule has 0 bridgehead atoms. The van der Waals surface area contributed by atoms with Gasteiger partial charge in [0.25, 0.3) is 0 Å². The predicted octanol–water partition coefficient (Wildman–Crippen LogP) is 0.271. The number of hydrogen-bond acceptors (Lipinski definition) is 5. The number of ether oxygens (including phenoxy) is 3. The first-order chi connectivity index (χ1) is 10.7. The van der Waals surface area contributed by atoms with Gasteiger partial charge in [-0.1, -0.05) is 12.1 Å². The van der Waals surface area contributed by atoms with Crippen LogP contribution in [-0.2, 0) is 20.7 Å². The zero-order valence-electron chi connectivity index (χ0n) is 12.5. The summed E-state index contributed by atoms with van der Waals surface area (Å²) in [5.41, 5.74) is 1.06. The summed E-state index contributed by atoms with van der Waals surface area (Å²) in [5.74, 6) is 0.750. The van der Waals surface area contributed by atoms with Crippen LogP contribution in [0.1, 0.15) is 12.0 Å². The van der Waals surface area contributed by atoms with E-state index in [-0.39, 0.29) is 30.8 Å². The highest BCUT2D eigenvalue weighted by Crippen LogP contribution is 2.27. The lowest BCUT2D eigenvalue weighted by molar-refractivity contribution is -0.122. The number of rotatable bonds is 5. The average Bonchev–Trinajstić information content (AvgIpc) is 3.10. The molecule has 0 aromatic heterocycles. The first kappa shape index (κ1) is 15.3. The third-order valence-electron chi connectivity index (χ3n) is 4.15. The minimum atomic E-state index is -0.594. The van der Waals surface area contributed by atoms with Crippen molar-refractivity contribution in [1.29, 1.82) is 0 Å². The maximum Gasteiger partial charge on any atom is 0.220 e. The normalized spacial score (nSPS) is 30.1. The van der Waals surface area contributed by atoms with Gasteiger partial charge in [0.2, 0.25) is 5.91 Å². The Morgan fingerprint density at radius 2 is 2.18 bits per heavy atom. The van der Waals surface area contributed by atoms with Crippen LogP contribution < -0.4 is 10.1 Å². The molecular weight excluding hydrogens is 286 g/mol. The molecule has 0 saturated carbocycles. The van der Waals surface area contributed by atoms with Gasteiger partial charge in [-0.25, -0.2) is 0 Å². The Bertz CT molecular complexity index is 535. The molecule has 2 aliphatic rings. The van der Waals surface area contributed by atoms with E-state index in [0.717, 1.165) is 11.3 Å². The molecule has 3 rings (SSSR count). The second-order valence-electron chi connectivity index (χ2n) is 5.69. The number of fused-ring (bicyclic) bond motifs is 1. The average molecular weight is 307 g/mol. The van der Waals surface area contributed by atoms with Crippen LogP contribution in [0.5, 0.6) is 5.75 Å². The molecule has 6 nitrogen and oxygen atoms in total. The fourth-order valence-electron chi connectivity index (χ4n) is 2.97. The van der Waals surface area contributed by atoms with E-state index in [1.807, 2.05) is 24.3 Å². The van der Waals surface area contributed by atoms with Gasteiger partial charge in [0, 0.05) is 6.42 Å². The maximum atomic E-state index is 12.1. The van der Waals surface area contributed by atoms with Crippen LogP contribution in [0.15, 0.2) is 24.3 Å². The van der Waals surface area contributed by atoms with E-state index in [9.17, 15) is 9.90 Å². The molecule has 4 atom stereocenters. The zero-order valence-corrected chi connectivity index (χ0v) is 12.5. The lowest BCUT2D eigenvalue weighted by Gasteiger charge is -2.17. The molecule has 2 N–H and O–H groups in total. The van der Waals surface area contributed by atoms with Gasteiger partial charge in [0.1, 0.15) is 24.1 Å². The molecule has 2 heterocycles. The van der Waals surface area contributed by atoms with Crippen LogP contribution in [0, 0.1) is 0 Å². The summed E-state index contributed by atoms with van der Waals surface area (Å²) in [6.07, 6.45) is -0.110. The molecule has 120 valence electrons. The fraction of sp³-hybridized carbons (Fsp3) is 0.562. The largest absolute Gasteiger partial charge is 0.497 e. The summed E-state index contributed by atoms with van der Waals surface area (Å²) in [6, 6.07) is 7.51. The Kier molecular flexibility index (Phi) is 4.61. The lowest BCUT2D eigenvalue weighted by Crippen LogP contribution is -2.44. The van der Waals surface area contributed by atoms with Crippen molar-refractivity contribution in [3.05, 3.63) is 29.8 Å². The van der Waals surface area contributed by atoms with E-state index in [1.165, 1.54) is 0 Å². The van der Waals surface area contributed by atoms with Crippen molar-refractivity contribution in [2.24, 2.45) is 0 Å². The highest BCUT2D eigenvalue weighted by atomic mass is 16.6. The Labute approximate surface area is 129 Å². The fourth-order valence-corrected chi connectivity index (χ4v) is 2.97. The molecule has 1 amide bonds. The number of nitrogens with one attached hydrogen (secondary N) is 1. The Morgan fingerprint density at radius 3 is 3.00 bits per heavy atom. The molecule has 2 fully saturated rings. The Morgan fingerprint density at radius 1 is 1.36 bits per heavy atom. The second-order valence-corrected chi connectivity index (χ2v) is 5.69. The first-order valence-electron chi connectivity index (χ1n) is 7.51. The summed E-state index contributed by atoms with van der Waals surface area (Å²) in [6.45, 7) is 0.656. The summed E-state index contributed by atoms with van der Waals surface area (Å²) < 4.78 is 16.1. The summed E-state index contributed by atoms with van der Waals surface area (Å²) in [5, 5.41) is 12.6. The highest BCUT2D eigenvalue weighted by Gasteiger charge is 2.47. The molecule has 1 aromatic rings. The topological polar surface area (TPSA) is 77.0 Å². The van der Waals surface area contributed by atoms with Crippen LogP contribution in [0.2, 0.25) is 0 Å². The van der Waals surface area contributed by atoms with Crippen LogP contribution in [0.3, 0.4) is 0 Å². The quantitative estimate of drug-likeness (QED) is 0.816. The molecule has 0 unspecified atom stereocenters. The van der Waals surface area contributed by atoms with Gasteiger partial charge in [-0.15, -0.1) is 0 Å². The van der Waals surface area contributed by atoms with Gasteiger partial charge in [-0.3, -0.25) is 4.79 Å². The number of methoxy groups -OCH3 is 1. The SMILES string of the molecule is COc1cccc(CCC(=O)N[C@H]2CO[C@H]3[C@@H]2OC[C@@H]3O)c1. The number of benzene rings is 1. The van der Waals surface area contributed by atoms with E-state index >= 15 is 0 Å². The standard InChI is InChI=1S/C16H21NO5/c1-20-11-4-2-3-10(7-11)5-6-14(19)17-12-8-21-16-13(18)9-22-15(12)16/h2-4,7,12-13,15-16,18H,5-6,8-9H2,1H3,(H,17,19)/t12-,13-,15+,16+/m0/s1. The molecule has 0 radical (unpaired) electrons. The van der Waals surface area contributed by atoms with Gasteiger partial charge in [0.15, 0.2) is 0 Å². The summed E-state index contributed by atoms with van der Waals surface area (Å²) in [4.78, 5) is 12.1. The van der Waals surface area contributed by atoms with E-state index in [1.54, 1.807) is 7.11 Å². The van der Waals surface area contributed by atoms with Gasteiger partial charge in [0.05, 0.1) is 26.4 Å².